The van der Waals surface area contributed by atoms with Gasteiger partial charge in [-0.2, -0.15) is 0 Å². The summed E-state index contributed by atoms with van der Waals surface area (Å²) in [4.78, 5) is 10.2. The van der Waals surface area contributed by atoms with Crippen LogP contribution in [0.3, 0.4) is 0 Å². The van der Waals surface area contributed by atoms with E-state index in [0.717, 1.165) is 10.0 Å². The van der Waals surface area contributed by atoms with Gasteiger partial charge in [0.05, 0.1) is 20.7 Å². The lowest BCUT2D eigenvalue weighted by atomic mass is 10.2. The fraction of sp³-hybridized carbons (Fsp3) is 0.0769. The highest BCUT2D eigenvalue weighted by atomic mass is 79.9. The second-order valence-electron chi connectivity index (χ2n) is 4.02. The minimum absolute atomic E-state index is 0.131. The molecule has 4 nitrogen and oxygen atoms in total. The van der Waals surface area contributed by atoms with E-state index >= 15 is 0 Å². The van der Waals surface area contributed by atoms with Crippen LogP contribution in [0.2, 0.25) is 10.0 Å². The molecule has 7 heteroatoms. The van der Waals surface area contributed by atoms with E-state index in [-0.39, 0.29) is 15.7 Å². The number of hydrogen-bond donors (Lipinski definition) is 1. The summed E-state index contributed by atoms with van der Waals surface area (Å²) < 4.78 is 0.970. The number of non-ortho nitro benzene ring substituents is 1. The number of halogens is 3. The van der Waals surface area contributed by atoms with E-state index in [4.69, 9.17) is 23.2 Å². The van der Waals surface area contributed by atoms with Crippen molar-refractivity contribution in [2.45, 2.75) is 6.54 Å². The molecule has 2 aromatic carbocycles. The van der Waals surface area contributed by atoms with Crippen LogP contribution in [0.4, 0.5) is 11.4 Å². The number of hydrogen-bond acceptors (Lipinski definition) is 3. The van der Waals surface area contributed by atoms with Gasteiger partial charge in [0.2, 0.25) is 0 Å². The van der Waals surface area contributed by atoms with Crippen molar-refractivity contribution in [3.8, 4) is 0 Å². The molecule has 0 aliphatic rings. The zero-order valence-corrected chi connectivity index (χ0v) is 13.2. The minimum atomic E-state index is -0.532. The summed E-state index contributed by atoms with van der Waals surface area (Å²) in [5.41, 5.74) is 1.39. The maximum Gasteiger partial charge on any atom is 0.272 e. The number of benzene rings is 2. The zero-order valence-electron chi connectivity index (χ0n) is 10.1. The molecule has 0 aliphatic carbocycles. The van der Waals surface area contributed by atoms with Crippen molar-refractivity contribution in [2.24, 2.45) is 0 Å². The van der Waals surface area contributed by atoms with Gasteiger partial charge in [-0.05, 0) is 17.7 Å². The van der Waals surface area contributed by atoms with Crippen LogP contribution in [0.1, 0.15) is 5.56 Å². The molecule has 0 aliphatic heterocycles. The molecule has 0 saturated carbocycles. The number of nitrogens with zero attached hydrogens (tertiary/aromatic N) is 1. The van der Waals surface area contributed by atoms with Crippen LogP contribution in [0.5, 0.6) is 0 Å². The summed E-state index contributed by atoms with van der Waals surface area (Å²) in [6, 6.07) is 10.3. The monoisotopic (exact) mass is 374 g/mol. The Bertz CT molecular complexity index is 642. The average molecular weight is 376 g/mol. The summed E-state index contributed by atoms with van der Waals surface area (Å²) in [6.45, 7) is 0.511. The number of nitrogens with one attached hydrogen (secondary N) is 1. The second-order valence-corrected chi connectivity index (χ2v) is 5.76. The molecular weight excluding hydrogens is 367 g/mol. The molecule has 0 spiro atoms. The van der Waals surface area contributed by atoms with Crippen molar-refractivity contribution in [1.82, 2.24) is 0 Å². The Morgan fingerprint density at radius 1 is 1.20 bits per heavy atom. The first-order chi connectivity index (χ1) is 9.47. The van der Waals surface area contributed by atoms with Crippen molar-refractivity contribution in [2.75, 3.05) is 5.32 Å². The van der Waals surface area contributed by atoms with Crippen LogP contribution in [0, 0.1) is 10.1 Å². The Kier molecular flexibility index (Phi) is 4.86. The van der Waals surface area contributed by atoms with Gasteiger partial charge in [0.15, 0.2) is 0 Å². The van der Waals surface area contributed by atoms with Crippen molar-refractivity contribution in [1.29, 1.82) is 0 Å². The highest BCUT2D eigenvalue weighted by Gasteiger charge is 2.14. The van der Waals surface area contributed by atoms with Crippen molar-refractivity contribution in [3.05, 3.63) is 66.6 Å². The van der Waals surface area contributed by atoms with Gasteiger partial charge in [-0.15, -0.1) is 0 Å². The second kappa shape index (κ2) is 6.43. The first-order valence-electron chi connectivity index (χ1n) is 5.59. The lowest BCUT2D eigenvalue weighted by molar-refractivity contribution is -0.384. The van der Waals surface area contributed by atoms with Gasteiger partial charge >= 0.3 is 0 Å². The molecule has 0 heterocycles. The molecule has 104 valence electrons. The lowest BCUT2D eigenvalue weighted by Crippen LogP contribution is -2.01. The molecule has 0 radical (unpaired) electrons. The van der Waals surface area contributed by atoms with Gasteiger partial charge in [0.1, 0.15) is 0 Å². The third-order valence-corrected chi connectivity index (χ3v) is 3.69. The predicted molar refractivity (Wildman–Crippen MR) is 84.6 cm³/mol. The van der Waals surface area contributed by atoms with Crippen molar-refractivity contribution in [3.63, 3.8) is 0 Å². The molecule has 0 fully saturated rings. The Labute approximate surface area is 134 Å². The van der Waals surface area contributed by atoms with Crippen molar-refractivity contribution < 1.29 is 4.92 Å². The first-order valence-corrected chi connectivity index (χ1v) is 7.14. The molecule has 0 unspecified atom stereocenters. The average Bonchev–Trinajstić information content (AvgIpc) is 2.37. The SMILES string of the molecule is O=[N+]([O-])c1cc(Cl)c(NCc2cccc(Br)c2)c(Cl)c1. The quantitative estimate of drug-likeness (QED) is 0.584. The van der Waals surface area contributed by atoms with Crippen LogP contribution in [0.25, 0.3) is 0 Å². The topological polar surface area (TPSA) is 55.2 Å². The third-order valence-electron chi connectivity index (χ3n) is 2.60. The predicted octanol–water partition coefficient (Wildman–Crippen LogP) is 5.28. The molecule has 2 aromatic rings. The largest absolute Gasteiger partial charge is 0.379 e. The lowest BCUT2D eigenvalue weighted by Gasteiger charge is -2.10. The first kappa shape index (κ1) is 15.1. The maximum absolute atomic E-state index is 10.7. The minimum Gasteiger partial charge on any atom is -0.379 e. The molecule has 0 saturated heterocycles. The van der Waals surface area contributed by atoms with E-state index in [1.807, 2.05) is 24.3 Å². The van der Waals surface area contributed by atoms with Crippen LogP contribution in [-0.2, 0) is 6.54 Å². The molecule has 2 rings (SSSR count). The number of rotatable bonds is 4. The highest BCUT2D eigenvalue weighted by molar-refractivity contribution is 9.10. The Balaban J connectivity index is 2.20. The number of nitro benzene ring substituents is 1. The van der Waals surface area contributed by atoms with Crippen LogP contribution in [0.15, 0.2) is 40.9 Å². The normalized spacial score (nSPS) is 10.3. The Morgan fingerprint density at radius 3 is 2.40 bits per heavy atom. The van der Waals surface area contributed by atoms with Crippen LogP contribution >= 0.6 is 39.1 Å². The summed E-state index contributed by atoms with van der Waals surface area (Å²) in [6.07, 6.45) is 0. The summed E-state index contributed by atoms with van der Waals surface area (Å²) in [7, 11) is 0. The summed E-state index contributed by atoms with van der Waals surface area (Å²) in [5, 5.41) is 14.2. The van der Waals surface area contributed by atoms with Crippen LogP contribution < -0.4 is 5.32 Å². The van der Waals surface area contributed by atoms with Gasteiger partial charge in [-0.3, -0.25) is 10.1 Å². The van der Waals surface area contributed by atoms with Crippen LogP contribution in [-0.4, -0.2) is 4.92 Å². The smallest absolute Gasteiger partial charge is 0.272 e. The van der Waals surface area contributed by atoms with E-state index in [0.29, 0.717) is 12.2 Å². The van der Waals surface area contributed by atoms with Gasteiger partial charge in [-0.25, -0.2) is 0 Å². The van der Waals surface area contributed by atoms with E-state index in [9.17, 15) is 10.1 Å². The fourth-order valence-electron chi connectivity index (χ4n) is 1.67. The zero-order chi connectivity index (χ0) is 14.7. The van der Waals surface area contributed by atoms with Gasteiger partial charge in [0.25, 0.3) is 5.69 Å². The van der Waals surface area contributed by atoms with Gasteiger partial charge < -0.3 is 5.32 Å². The van der Waals surface area contributed by atoms with Crippen molar-refractivity contribution >= 4 is 50.5 Å². The molecule has 0 aromatic heterocycles. The molecule has 1 N–H and O–H groups in total. The Morgan fingerprint density at radius 2 is 1.85 bits per heavy atom. The van der Waals surface area contributed by atoms with E-state index in [1.54, 1.807) is 0 Å². The summed E-state index contributed by atoms with van der Waals surface area (Å²) in [5.74, 6) is 0. The van der Waals surface area contributed by atoms with E-state index in [1.165, 1.54) is 12.1 Å². The molecule has 0 amide bonds. The molecule has 20 heavy (non-hydrogen) atoms. The fourth-order valence-corrected chi connectivity index (χ4v) is 2.73. The van der Waals surface area contributed by atoms with E-state index < -0.39 is 4.92 Å². The van der Waals surface area contributed by atoms with E-state index in [2.05, 4.69) is 21.2 Å². The number of anilines is 1. The highest BCUT2D eigenvalue weighted by Crippen LogP contribution is 2.35. The molecule has 0 atom stereocenters. The molecular formula is C13H9BrCl2N2O2. The molecule has 0 bridgehead atoms. The summed E-state index contributed by atoms with van der Waals surface area (Å²) >= 11 is 15.4. The van der Waals surface area contributed by atoms with Gasteiger partial charge in [0, 0.05) is 23.2 Å². The Hall–Kier alpha value is -1.30. The number of nitro groups is 1. The van der Waals surface area contributed by atoms with Gasteiger partial charge in [-0.1, -0.05) is 51.3 Å². The maximum atomic E-state index is 10.7. The third kappa shape index (κ3) is 3.62. The standard InChI is InChI=1S/C13H9BrCl2N2O2/c14-9-3-1-2-8(4-9)7-17-13-11(15)5-10(18(19)20)6-12(13)16/h1-6,17H,7H2.